The minimum Gasteiger partial charge on any atom is -0.481 e. The Kier molecular flexibility index (Phi) is 6.03. The number of nitrogens with zero attached hydrogens (tertiary/aromatic N) is 1. The second-order valence-corrected chi connectivity index (χ2v) is 4.95. The van der Waals surface area contributed by atoms with Gasteiger partial charge in [-0.2, -0.15) is 0 Å². The van der Waals surface area contributed by atoms with Crippen LogP contribution in [0.3, 0.4) is 0 Å². The van der Waals surface area contributed by atoms with Gasteiger partial charge in [0.25, 0.3) is 0 Å². The van der Waals surface area contributed by atoms with E-state index in [9.17, 15) is 9.59 Å². The number of hydrogen-bond donors (Lipinski definition) is 2. The molecule has 0 saturated heterocycles. The lowest BCUT2D eigenvalue weighted by Crippen LogP contribution is -2.44. The third kappa shape index (κ3) is 4.26. The van der Waals surface area contributed by atoms with Crippen molar-refractivity contribution < 1.29 is 14.7 Å². The van der Waals surface area contributed by atoms with Gasteiger partial charge in [0.1, 0.15) is 0 Å². The molecule has 0 bridgehead atoms. The number of carboxylic acids is 1. The van der Waals surface area contributed by atoms with Crippen molar-refractivity contribution in [2.24, 2.45) is 11.8 Å². The number of rotatable bonds is 6. The first kappa shape index (κ1) is 16.0. The number of urea groups is 1. The third-order valence-electron chi connectivity index (χ3n) is 3.22. The van der Waals surface area contributed by atoms with E-state index in [2.05, 4.69) is 5.32 Å². The SMILES string of the molecule is CCN(C(=O)NCC(C(=O)O)C(C)C)c1ccccc1. The largest absolute Gasteiger partial charge is 0.481 e. The van der Waals surface area contributed by atoms with Crippen molar-refractivity contribution in [3.8, 4) is 0 Å². The minimum absolute atomic E-state index is 0.0281. The van der Waals surface area contributed by atoms with Crippen LogP contribution in [0.2, 0.25) is 0 Å². The van der Waals surface area contributed by atoms with Crippen molar-refractivity contribution in [1.29, 1.82) is 0 Å². The highest BCUT2D eigenvalue weighted by molar-refractivity contribution is 5.92. The van der Waals surface area contributed by atoms with E-state index in [4.69, 9.17) is 5.11 Å². The fourth-order valence-electron chi connectivity index (χ4n) is 1.95. The molecule has 1 atom stereocenters. The lowest BCUT2D eigenvalue weighted by atomic mass is 9.96. The molecule has 0 aromatic heterocycles. The predicted molar refractivity (Wildman–Crippen MR) is 78.8 cm³/mol. The molecule has 0 heterocycles. The van der Waals surface area contributed by atoms with Gasteiger partial charge in [0, 0.05) is 18.8 Å². The highest BCUT2D eigenvalue weighted by Gasteiger charge is 2.23. The molecule has 0 radical (unpaired) electrons. The van der Waals surface area contributed by atoms with E-state index in [-0.39, 0.29) is 18.5 Å². The fourth-order valence-corrected chi connectivity index (χ4v) is 1.95. The average Bonchev–Trinajstić information content (AvgIpc) is 2.40. The summed E-state index contributed by atoms with van der Waals surface area (Å²) in [4.78, 5) is 24.8. The predicted octanol–water partition coefficient (Wildman–Crippen LogP) is 2.58. The zero-order valence-electron chi connectivity index (χ0n) is 12.2. The maximum Gasteiger partial charge on any atom is 0.321 e. The van der Waals surface area contributed by atoms with Crippen LogP contribution in [-0.2, 0) is 4.79 Å². The summed E-state index contributed by atoms with van der Waals surface area (Å²) in [5.41, 5.74) is 0.795. The number of carbonyl (C=O) groups is 2. The fraction of sp³-hybridized carbons (Fsp3) is 0.467. The van der Waals surface area contributed by atoms with Gasteiger partial charge in [-0.1, -0.05) is 32.0 Å². The number of para-hydroxylation sites is 1. The highest BCUT2D eigenvalue weighted by atomic mass is 16.4. The normalized spacial score (nSPS) is 12.0. The Bertz CT molecular complexity index is 446. The van der Waals surface area contributed by atoms with Crippen LogP contribution in [0, 0.1) is 11.8 Å². The van der Waals surface area contributed by atoms with Gasteiger partial charge in [0.05, 0.1) is 5.92 Å². The first-order chi connectivity index (χ1) is 9.47. The number of carboxylic acid groups (broad SMARTS) is 1. The Morgan fingerprint density at radius 2 is 1.85 bits per heavy atom. The molecule has 0 aliphatic rings. The molecule has 5 heteroatoms. The standard InChI is InChI=1S/C15H22N2O3/c1-4-17(12-8-6-5-7-9-12)15(20)16-10-13(11(2)3)14(18)19/h5-9,11,13H,4,10H2,1-3H3,(H,16,20)(H,18,19). The number of nitrogens with one attached hydrogen (secondary N) is 1. The Morgan fingerprint density at radius 1 is 1.25 bits per heavy atom. The molecule has 0 saturated carbocycles. The van der Waals surface area contributed by atoms with Gasteiger partial charge in [0.2, 0.25) is 0 Å². The van der Waals surface area contributed by atoms with Gasteiger partial charge in [-0.25, -0.2) is 4.79 Å². The van der Waals surface area contributed by atoms with Crippen LogP contribution in [0.5, 0.6) is 0 Å². The summed E-state index contributed by atoms with van der Waals surface area (Å²) in [7, 11) is 0. The summed E-state index contributed by atoms with van der Waals surface area (Å²) in [6, 6.07) is 9.03. The van der Waals surface area contributed by atoms with Crippen LogP contribution < -0.4 is 10.2 Å². The number of anilines is 1. The van der Waals surface area contributed by atoms with Crippen molar-refractivity contribution in [2.45, 2.75) is 20.8 Å². The van der Waals surface area contributed by atoms with Gasteiger partial charge in [-0.05, 0) is 25.0 Å². The molecule has 0 fully saturated rings. The minimum atomic E-state index is -0.886. The van der Waals surface area contributed by atoms with Crippen LogP contribution in [0.1, 0.15) is 20.8 Å². The second kappa shape index (κ2) is 7.53. The lowest BCUT2D eigenvalue weighted by molar-refractivity contribution is -0.142. The van der Waals surface area contributed by atoms with E-state index in [1.807, 2.05) is 51.1 Å². The molecule has 0 aliphatic carbocycles. The van der Waals surface area contributed by atoms with Crippen molar-refractivity contribution in [3.05, 3.63) is 30.3 Å². The Hall–Kier alpha value is -2.04. The van der Waals surface area contributed by atoms with Crippen molar-refractivity contribution in [2.75, 3.05) is 18.0 Å². The van der Waals surface area contributed by atoms with Gasteiger partial charge >= 0.3 is 12.0 Å². The van der Waals surface area contributed by atoms with E-state index in [0.717, 1.165) is 5.69 Å². The maximum atomic E-state index is 12.1. The van der Waals surface area contributed by atoms with Crippen LogP contribution in [0.25, 0.3) is 0 Å². The molecule has 1 aromatic carbocycles. The molecule has 2 N–H and O–H groups in total. The molecular weight excluding hydrogens is 256 g/mol. The lowest BCUT2D eigenvalue weighted by Gasteiger charge is -2.23. The van der Waals surface area contributed by atoms with Crippen LogP contribution in [0.4, 0.5) is 10.5 Å². The molecule has 110 valence electrons. The van der Waals surface area contributed by atoms with Crippen molar-refractivity contribution in [3.63, 3.8) is 0 Å². The zero-order chi connectivity index (χ0) is 15.1. The summed E-state index contributed by atoms with van der Waals surface area (Å²) in [5.74, 6) is -1.49. The van der Waals surface area contributed by atoms with E-state index in [1.165, 1.54) is 0 Å². The number of hydrogen-bond acceptors (Lipinski definition) is 2. The molecule has 1 unspecified atom stereocenters. The maximum absolute atomic E-state index is 12.1. The van der Waals surface area contributed by atoms with Crippen LogP contribution >= 0.6 is 0 Å². The first-order valence-electron chi connectivity index (χ1n) is 6.80. The van der Waals surface area contributed by atoms with Gasteiger partial charge in [0.15, 0.2) is 0 Å². The van der Waals surface area contributed by atoms with Gasteiger partial charge < -0.3 is 10.4 Å². The molecule has 1 aromatic rings. The molecule has 2 amide bonds. The van der Waals surface area contributed by atoms with E-state index >= 15 is 0 Å². The first-order valence-corrected chi connectivity index (χ1v) is 6.80. The van der Waals surface area contributed by atoms with E-state index in [1.54, 1.807) is 4.90 Å². The summed E-state index contributed by atoms with van der Waals surface area (Å²) < 4.78 is 0. The second-order valence-electron chi connectivity index (χ2n) is 4.95. The van der Waals surface area contributed by atoms with E-state index < -0.39 is 11.9 Å². The number of aliphatic carboxylic acids is 1. The summed E-state index contributed by atoms with van der Waals surface area (Å²) in [6.07, 6.45) is 0. The molecular formula is C15H22N2O3. The molecule has 0 aliphatic heterocycles. The van der Waals surface area contributed by atoms with Crippen molar-refractivity contribution >= 4 is 17.7 Å². The van der Waals surface area contributed by atoms with Crippen LogP contribution in [0.15, 0.2) is 30.3 Å². The highest BCUT2D eigenvalue weighted by Crippen LogP contribution is 2.14. The Morgan fingerprint density at radius 3 is 2.30 bits per heavy atom. The molecule has 5 nitrogen and oxygen atoms in total. The Labute approximate surface area is 119 Å². The van der Waals surface area contributed by atoms with Crippen LogP contribution in [-0.4, -0.2) is 30.2 Å². The monoisotopic (exact) mass is 278 g/mol. The zero-order valence-corrected chi connectivity index (χ0v) is 12.2. The average molecular weight is 278 g/mol. The molecule has 20 heavy (non-hydrogen) atoms. The third-order valence-corrected chi connectivity index (χ3v) is 3.22. The summed E-state index contributed by atoms with van der Waals surface area (Å²) in [6.45, 7) is 6.20. The summed E-state index contributed by atoms with van der Waals surface area (Å²) in [5, 5.41) is 11.8. The van der Waals surface area contributed by atoms with E-state index in [0.29, 0.717) is 6.54 Å². The number of benzene rings is 1. The molecule has 1 rings (SSSR count). The number of carbonyl (C=O) groups excluding carboxylic acids is 1. The quantitative estimate of drug-likeness (QED) is 0.840. The molecule has 0 spiro atoms. The topological polar surface area (TPSA) is 69.6 Å². The van der Waals surface area contributed by atoms with Crippen molar-refractivity contribution in [1.82, 2.24) is 5.32 Å². The smallest absolute Gasteiger partial charge is 0.321 e. The van der Waals surface area contributed by atoms with Gasteiger partial charge in [-0.3, -0.25) is 9.69 Å². The number of amides is 2. The Balaban J connectivity index is 2.67. The summed E-state index contributed by atoms with van der Waals surface area (Å²) >= 11 is 0. The van der Waals surface area contributed by atoms with Gasteiger partial charge in [-0.15, -0.1) is 0 Å².